The number of anilines is 2. The van der Waals surface area contributed by atoms with Crippen LogP contribution in [0.15, 0.2) is 24.4 Å². The molecule has 0 atom stereocenters. The van der Waals surface area contributed by atoms with Gasteiger partial charge >= 0.3 is 0 Å². The Morgan fingerprint density at radius 1 is 1.42 bits per heavy atom. The zero-order valence-electron chi connectivity index (χ0n) is 11.4. The summed E-state index contributed by atoms with van der Waals surface area (Å²) in [5, 5.41) is 6.96. The number of hydrogen-bond acceptors (Lipinski definition) is 3. The summed E-state index contributed by atoms with van der Waals surface area (Å²) in [5.41, 5.74) is 9.50. The number of carbonyl (C=O) groups excluding carboxylic acids is 1. The minimum atomic E-state index is -0.231. The summed E-state index contributed by atoms with van der Waals surface area (Å²) < 4.78 is 1.59. The SMILES string of the molecule is CCn1ncc(N)c1C(=O)Nc1cc(C)ccc1C. The number of nitrogen functional groups attached to an aromatic ring is 1. The van der Waals surface area contributed by atoms with Crippen LogP contribution < -0.4 is 11.1 Å². The Kier molecular flexibility index (Phi) is 3.55. The van der Waals surface area contributed by atoms with Gasteiger partial charge in [0, 0.05) is 12.2 Å². The normalized spacial score (nSPS) is 10.5. The predicted molar refractivity (Wildman–Crippen MR) is 76.2 cm³/mol. The maximum absolute atomic E-state index is 12.3. The molecule has 1 aromatic carbocycles. The van der Waals surface area contributed by atoms with Gasteiger partial charge in [0.15, 0.2) is 0 Å². The minimum absolute atomic E-state index is 0.231. The molecule has 0 aliphatic heterocycles. The summed E-state index contributed by atoms with van der Waals surface area (Å²) in [6, 6.07) is 5.93. The van der Waals surface area contributed by atoms with Gasteiger partial charge in [0.1, 0.15) is 5.69 Å². The average Bonchev–Trinajstić information content (AvgIpc) is 2.75. The van der Waals surface area contributed by atoms with E-state index in [2.05, 4.69) is 10.4 Å². The lowest BCUT2D eigenvalue weighted by Gasteiger charge is -2.10. The molecule has 5 heteroatoms. The van der Waals surface area contributed by atoms with E-state index < -0.39 is 0 Å². The molecule has 0 unspecified atom stereocenters. The van der Waals surface area contributed by atoms with Crippen molar-refractivity contribution in [3.8, 4) is 0 Å². The molecule has 1 aromatic heterocycles. The number of rotatable bonds is 3. The lowest BCUT2D eigenvalue weighted by Crippen LogP contribution is -2.19. The maximum atomic E-state index is 12.3. The van der Waals surface area contributed by atoms with Crippen LogP contribution in [-0.4, -0.2) is 15.7 Å². The lowest BCUT2D eigenvalue weighted by molar-refractivity contribution is 0.101. The van der Waals surface area contributed by atoms with Crippen molar-refractivity contribution in [3.05, 3.63) is 41.2 Å². The Bertz CT molecular complexity index is 616. The third-order valence-corrected chi connectivity index (χ3v) is 3.02. The Labute approximate surface area is 112 Å². The first-order valence-corrected chi connectivity index (χ1v) is 6.22. The van der Waals surface area contributed by atoms with Gasteiger partial charge in [-0.25, -0.2) is 0 Å². The van der Waals surface area contributed by atoms with Gasteiger partial charge in [-0.1, -0.05) is 12.1 Å². The highest BCUT2D eigenvalue weighted by atomic mass is 16.2. The number of aromatic nitrogens is 2. The lowest BCUT2D eigenvalue weighted by atomic mass is 10.1. The molecule has 0 aliphatic carbocycles. The van der Waals surface area contributed by atoms with Gasteiger partial charge in [0.2, 0.25) is 0 Å². The molecule has 2 rings (SSSR count). The summed E-state index contributed by atoms with van der Waals surface area (Å²) >= 11 is 0. The second kappa shape index (κ2) is 5.14. The molecule has 3 N–H and O–H groups in total. The summed E-state index contributed by atoms with van der Waals surface area (Å²) in [6.07, 6.45) is 1.50. The molecule has 2 aromatic rings. The molecule has 1 amide bonds. The zero-order valence-corrected chi connectivity index (χ0v) is 11.4. The Balaban J connectivity index is 2.30. The van der Waals surface area contributed by atoms with Crippen molar-refractivity contribution >= 4 is 17.3 Å². The van der Waals surface area contributed by atoms with Crippen molar-refractivity contribution in [1.82, 2.24) is 9.78 Å². The highest BCUT2D eigenvalue weighted by molar-refractivity contribution is 6.06. The number of aryl methyl sites for hydroxylation is 3. The Morgan fingerprint density at radius 3 is 2.84 bits per heavy atom. The number of amides is 1. The number of hydrogen-bond donors (Lipinski definition) is 2. The van der Waals surface area contributed by atoms with Crippen LogP contribution in [0.3, 0.4) is 0 Å². The van der Waals surface area contributed by atoms with E-state index in [1.807, 2.05) is 39.0 Å². The number of nitrogens with one attached hydrogen (secondary N) is 1. The standard InChI is InChI=1S/C14H18N4O/c1-4-18-13(11(15)8-16-18)14(19)17-12-7-9(2)5-6-10(12)3/h5-8H,4,15H2,1-3H3,(H,17,19). The van der Waals surface area contributed by atoms with Crippen molar-refractivity contribution in [1.29, 1.82) is 0 Å². The van der Waals surface area contributed by atoms with Crippen molar-refractivity contribution in [2.75, 3.05) is 11.1 Å². The molecular weight excluding hydrogens is 240 g/mol. The third-order valence-electron chi connectivity index (χ3n) is 3.02. The zero-order chi connectivity index (χ0) is 14.0. The number of carbonyl (C=O) groups is 1. The third kappa shape index (κ3) is 2.59. The van der Waals surface area contributed by atoms with E-state index in [4.69, 9.17) is 5.73 Å². The molecule has 0 fully saturated rings. The van der Waals surface area contributed by atoms with E-state index in [9.17, 15) is 4.79 Å². The number of benzene rings is 1. The van der Waals surface area contributed by atoms with Gasteiger partial charge in [-0.2, -0.15) is 5.10 Å². The number of nitrogens with zero attached hydrogens (tertiary/aromatic N) is 2. The fourth-order valence-electron chi connectivity index (χ4n) is 1.94. The van der Waals surface area contributed by atoms with Gasteiger partial charge in [-0.05, 0) is 38.0 Å². The highest BCUT2D eigenvalue weighted by Gasteiger charge is 2.16. The van der Waals surface area contributed by atoms with E-state index in [0.717, 1.165) is 16.8 Å². The van der Waals surface area contributed by atoms with Crippen LogP contribution in [0.5, 0.6) is 0 Å². The van der Waals surface area contributed by atoms with Crippen LogP contribution in [0, 0.1) is 13.8 Å². The van der Waals surface area contributed by atoms with Crippen molar-refractivity contribution in [2.24, 2.45) is 0 Å². The molecule has 0 saturated carbocycles. The van der Waals surface area contributed by atoms with Crippen LogP contribution >= 0.6 is 0 Å². The Hall–Kier alpha value is -2.30. The van der Waals surface area contributed by atoms with E-state index >= 15 is 0 Å². The number of nitrogens with two attached hydrogens (primary N) is 1. The first-order chi connectivity index (χ1) is 9.02. The van der Waals surface area contributed by atoms with Gasteiger partial charge in [0.25, 0.3) is 5.91 Å². The molecule has 19 heavy (non-hydrogen) atoms. The minimum Gasteiger partial charge on any atom is -0.396 e. The van der Waals surface area contributed by atoms with Crippen LogP contribution in [-0.2, 0) is 6.54 Å². The molecule has 0 bridgehead atoms. The summed E-state index contributed by atoms with van der Waals surface area (Å²) in [6.45, 7) is 6.46. The van der Waals surface area contributed by atoms with Crippen LogP contribution in [0.25, 0.3) is 0 Å². The molecule has 0 spiro atoms. The predicted octanol–water partition coefficient (Wildman–Crippen LogP) is 2.35. The van der Waals surface area contributed by atoms with E-state index in [1.165, 1.54) is 6.20 Å². The molecule has 1 heterocycles. The van der Waals surface area contributed by atoms with Crippen molar-refractivity contribution in [2.45, 2.75) is 27.3 Å². The molecule has 100 valence electrons. The quantitative estimate of drug-likeness (QED) is 0.887. The fourth-order valence-corrected chi connectivity index (χ4v) is 1.94. The van der Waals surface area contributed by atoms with Gasteiger partial charge in [-0.15, -0.1) is 0 Å². The van der Waals surface area contributed by atoms with Gasteiger partial charge < -0.3 is 11.1 Å². The second-order valence-corrected chi connectivity index (χ2v) is 4.54. The summed E-state index contributed by atoms with van der Waals surface area (Å²) in [4.78, 5) is 12.3. The molecule has 0 radical (unpaired) electrons. The first-order valence-electron chi connectivity index (χ1n) is 6.22. The maximum Gasteiger partial charge on any atom is 0.276 e. The van der Waals surface area contributed by atoms with Crippen LogP contribution in [0.4, 0.5) is 11.4 Å². The molecule has 0 aliphatic rings. The smallest absolute Gasteiger partial charge is 0.276 e. The largest absolute Gasteiger partial charge is 0.396 e. The van der Waals surface area contributed by atoms with Gasteiger partial charge in [-0.3, -0.25) is 9.48 Å². The second-order valence-electron chi connectivity index (χ2n) is 4.54. The fraction of sp³-hybridized carbons (Fsp3) is 0.286. The summed E-state index contributed by atoms with van der Waals surface area (Å²) in [7, 11) is 0. The van der Waals surface area contributed by atoms with Crippen LogP contribution in [0.2, 0.25) is 0 Å². The van der Waals surface area contributed by atoms with E-state index in [0.29, 0.717) is 17.9 Å². The first kappa shape index (κ1) is 13.1. The van der Waals surface area contributed by atoms with Crippen LogP contribution in [0.1, 0.15) is 28.5 Å². The Morgan fingerprint density at radius 2 is 2.16 bits per heavy atom. The highest BCUT2D eigenvalue weighted by Crippen LogP contribution is 2.19. The van der Waals surface area contributed by atoms with E-state index in [-0.39, 0.29) is 5.91 Å². The molecular formula is C14H18N4O. The monoisotopic (exact) mass is 258 g/mol. The molecule has 5 nitrogen and oxygen atoms in total. The average molecular weight is 258 g/mol. The topological polar surface area (TPSA) is 72.9 Å². The summed E-state index contributed by atoms with van der Waals surface area (Å²) in [5.74, 6) is -0.231. The van der Waals surface area contributed by atoms with Gasteiger partial charge in [0.05, 0.1) is 11.9 Å². The molecule has 0 saturated heterocycles. The van der Waals surface area contributed by atoms with Crippen molar-refractivity contribution in [3.63, 3.8) is 0 Å². The van der Waals surface area contributed by atoms with E-state index in [1.54, 1.807) is 4.68 Å². The van der Waals surface area contributed by atoms with Crippen molar-refractivity contribution < 1.29 is 4.79 Å².